The molecule has 0 bridgehead atoms. The SMILES string of the molecule is CC(=O)OCC[C@]1(C)C[C@@H](c2ccccc2)ON1O[Si](C)(C)C(C)(C)C. The lowest BCUT2D eigenvalue weighted by Crippen LogP contribution is -2.51. The first-order valence-electron chi connectivity index (χ1n) is 9.29. The number of benzene rings is 1. The second-order valence-corrected chi connectivity index (χ2v) is 13.6. The molecule has 26 heavy (non-hydrogen) atoms. The van der Waals surface area contributed by atoms with E-state index in [-0.39, 0.29) is 22.7 Å². The van der Waals surface area contributed by atoms with Crippen LogP contribution in [0.3, 0.4) is 0 Å². The van der Waals surface area contributed by atoms with Crippen LogP contribution in [0.15, 0.2) is 30.3 Å². The Bertz CT molecular complexity index is 614. The van der Waals surface area contributed by atoms with Crippen LogP contribution < -0.4 is 0 Å². The Balaban J connectivity index is 2.21. The molecule has 2 rings (SSSR count). The van der Waals surface area contributed by atoms with Crippen LogP contribution in [0.25, 0.3) is 0 Å². The Hall–Kier alpha value is -1.21. The van der Waals surface area contributed by atoms with Gasteiger partial charge in [-0.05, 0) is 30.6 Å². The topological polar surface area (TPSA) is 48.0 Å². The Morgan fingerprint density at radius 3 is 2.46 bits per heavy atom. The Kier molecular flexibility index (Phi) is 6.33. The summed E-state index contributed by atoms with van der Waals surface area (Å²) < 4.78 is 11.7. The van der Waals surface area contributed by atoms with Crippen LogP contribution in [0.2, 0.25) is 18.1 Å². The Labute approximate surface area is 158 Å². The molecule has 0 aromatic heterocycles. The number of hydroxylamine groups is 2. The molecule has 1 aliphatic heterocycles. The molecule has 1 fully saturated rings. The van der Waals surface area contributed by atoms with Gasteiger partial charge < -0.3 is 9.26 Å². The van der Waals surface area contributed by atoms with Crippen molar-refractivity contribution in [3.63, 3.8) is 0 Å². The average molecular weight is 380 g/mol. The highest BCUT2D eigenvalue weighted by Gasteiger charge is 2.50. The van der Waals surface area contributed by atoms with E-state index in [0.29, 0.717) is 13.0 Å². The maximum atomic E-state index is 11.2. The zero-order valence-electron chi connectivity index (χ0n) is 17.2. The fourth-order valence-electron chi connectivity index (χ4n) is 2.68. The summed E-state index contributed by atoms with van der Waals surface area (Å²) in [6, 6.07) is 10.2. The summed E-state index contributed by atoms with van der Waals surface area (Å²) >= 11 is 0. The molecule has 0 spiro atoms. The summed E-state index contributed by atoms with van der Waals surface area (Å²) in [7, 11) is -2.06. The van der Waals surface area contributed by atoms with Crippen molar-refractivity contribution in [2.45, 2.75) is 77.2 Å². The van der Waals surface area contributed by atoms with Gasteiger partial charge in [-0.1, -0.05) is 56.3 Å². The molecule has 1 saturated heterocycles. The molecule has 1 aliphatic rings. The van der Waals surface area contributed by atoms with Crippen molar-refractivity contribution in [2.75, 3.05) is 6.61 Å². The Morgan fingerprint density at radius 2 is 1.92 bits per heavy atom. The molecule has 0 amide bonds. The minimum atomic E-state index is -2.06. The van der Waals surface area contributed by atoms with Gasteiger partial charge in [-0.3, -0.25) is 9.63 Å². The van der Waals surface area contributed by atoms with Crippen LogP contribution in [0.1, 0.15) is 59.1 Å². The van der Waals surface area contributed by atoms with Gasteiger partial charge >= 0.3 is 5.97 Å². The molecule has 0 saturated carbocycles. The monoisotopic (exact) mass is 379 g/mol. The largest absolute Gasteiger partial charge is 0.466 e. The van der Waals surface area contributed by atoms with Crippen molar-refractivity contribution in [1.82, 2.24) is 5.23 Å². The van der Waals surface area contributed by atoms with Crippen molar-refractivity contribution in [3.8, 4) is 0 Å². The first-order chi connectivity index (χ1) is 11.9. The van der Waals surface area contributed by atoms with Gasteiger partial charge in [-0.15, -0.1) is 0 Å². The van der Waals surface area contributed by atoms with E-state index in [9.17, 15) is 4.79 Å². The number of esters is 1. The van der Waals surface area contributed by atoms with Gasteiger partial charge in [0.25, 0.3) is 0 Å². The van der Waals surface area contributed by atoms with E-state index in [0.717, 1.165) is 12.0 Å². The number of carbonyl (C=O) groups is 1. The number of ether oxygens (including phenoxy) is 1. The maximum absolute atomic E-state index is 11.2. The van der Waals surface area contributed by atoms with E-state index in [1.165, 1.54) is 6.92 Å². The van der Waals surface area contributed by atoms with E-state index >= 15 is 0 Å². The molecule has 0 radical (unpaired) electrons. The molecule has 1 heterocycles. The second-order valence-electron chi connectivity index (χ2n) is 8.90. The third kappa shape index (κ3) is 4.94. The molecule has 2 atom stereocenters. The van der Waals surface area contributed by atoms with Crippen LogP contribution in [-0.4, -0.2) is 31.7 Å². The first kappa shape index (κ1) is 21.1. The number of rotatable bonds is 6. The highest BCUT2D eigenvalue weighted by molar-refractivity contribution is 6.74. The molecule has 0 aliphatic carbocycles. The Morgan fingerprint density at radius 1 is 1.31 bits per heavy atom. The molecule has 1 aromatic carbocycles. The van der Waals surface area contributed by atoms with Crippen molar-refractivity contribution in [1.29, 1.82) is 0 Å². The lowest BCUT2D eigenvalue weighted by Gasteiger charge is -2.42. The quantitative estimate of drug-likeness (QED) is 0.513. The molecule has 1 aromatic rings. The zero-order valence-corrected chi connectivity index (χ0v) is 18.2. The smallest absolute Gasteiger partial charge is 0.302 e. The van der Waals surface area contributed by atoms with Crippen LogP contribution >= 0.6 is 0 Å². The summed E-state index contributed by atoms with van der Waals surface area (Å²) in [6.45, 7) is 14.9. The summed E-state index contributed by atoms with van der Waals surface area (Å²) in [5, 5.41) is 1.78. The molecule has 6 heteroatoms. The third-order valence-electron chi connectivity index (χ3n) is 5.52. The molecular formula is C20H33NO4Si. The summed E-state index contributed by atoms with van der Waals surface area (Å²) in [5.74, 6) is -0.260. The number of hydrogen-bond donors (Lipinski definition) is 0. The fraction of sp³-hybridized carbons (Fsp3) is 0.650. The van der Waals surface area contributed by atoms with Crippen LogP contribution in [0.5, 0.6) is 0 Å². The van der Waals surface area contributed by atoms with Gasteiger partial charge in [0, 0.05) is 19.8 Å². The van der Waals surface area contributed by atoms with Crippen LogP contribution in [0, 0.1) is 0 Å². The zero-order chi connectivity index (χ0) is 19.6. The highest BCUT2D eigenvalue weighted by Crippen LogP contribution is 2.46. The molecule has 146 valence electrons. The van der Waals surface area contributed by atoms with Gasteiger partial charge in [0.1, 0.15) is 6.10 Å². The minimum absolute atomic E-state index is 0.0664. The number of carbonyl (C=O) groups excluding carboxylic acids is 1. The summed E-state index contributed by atoms with van der Waals surface area (Å²) in [4.78, 5) is 17.4. The highest BCUT2D eigenvalue weighted by atomic mass is 28.4. The lowest BCUT2D eigenvalue weighted by atomic mass is 9.90. The van der Waals surface area contributed by atoms with Gasteiger partial charge in [-0.25, -0.2) is 0 Å². The lowest BCUT2D eigenvalue weighted by molar-refractivity contribution is -0.350. The third-order valence-corrected chi connectivity index (χ3v) is 9.76. The molecular weight excluding hydrogens is 346 g/mol. The van der Waals surface area contributed by atoms with Gasteiger partial charge in [0.05, 0.1) is 12.1 Å². The van der Waals surface area contributed by atoms with Gasteiger partial charge in [-0.2, -0.15) is 0 Å². The van der Waals surface area contributed by atoms with E-state index in [2.05, 4.69) is 52.9 Å². The minimum Gasteiger partial charge on any atom is -0.466 e. The van der Waals surface area contributed by atoms with Crippen LogP contribution in [-0.2, 0) is 18.9 Å². The van der Waals surface area contributed by atoms with Crippen molar-refractivity contribution in [2.24, 2.45) is 0 Å². The molecule has 0 unspecified atom stereocenters. The molecule has 0 N–H and O–H groups in total. The summed E-state index contributed by atoms with van der Waals surface area (Å²) in [5.41, 5.74) is 0.776. The van der Waals surface area contributed by atoms with Gasteiger partial charge in [0.15, 0.2) is 0 Å². The number of hydrogen-bond acceptors (Lipinski definition) is 5. The van der Waals surface area contributed by atoms with Crippen molar-refractivity contribution in [3.05, 3.63) is 35.9 Å². The number of nitrogens with zero attached hydrogens (tertiary/aromatic N) is 1. The van der Waals surface area contributed by atoms with E-state index in [4.69, 9.17) is 14.1 Å². The van der Waals surface area contributed by atoms with Gasteiger partial charge in [0.2, 0.25) is 8.32 Å². The normalized spacial score (nSPS) is 24.7. The fourth-order valence-corrected chi connectivity index (χ4v) is 3.64. The van der Waals surface area contributed by atoms with Crippen LogP contribution in [0.4, 0.5) is 0 Å². The standard InChI is InChI=1S/C20H33NO4Si/c1-16(22)23-14-13-20(5)15-18(17-11-9-8-10-12-17)24-21(20)25-26(6,7)19(2,3)4/h8-12,18H,13-15H2,1-7H3/t18-,20+/m0/s1. The van der Waals surface area contributed by atoms with E-state index in [1.807, 2.05) is 18.2 Å². The van der Waals surface area contributed by atoms with Crippen molar-refractivity contribution >= 4 is 14.3 Å². The predicted octanol–water partition coefficient (Wildman–Crippen LogP) is 5.01. The molecule has 5 nitrogen and oxygen atoms in total. The second kappa shape index (κ2) is 7.80. The average Bonchev–Trinajstić information content (AvgIpc) is 2.83. The van der Waals surface area contributed by atoms with E-state index in [1.54, 1.807) is 5.23 Å². The summed E-state index contributed by atoms with van der Waals surface area (Å²) in [6.07, 6.45) is 1.38. The van der Waals surface area contributed by atoms with E-state index < -0.39 is 8.32 Å². The maximum Gasteiger partial charge on any atom is 0.302 e. The predicted molar refractivity (Wildman–Crippen MR) is 105 cm³/mol. The van der Waals surface area contributed by atoms with Crippen molar-refractivity contribution < 1.29 is 18.9 Å². The first-order valence-corrected chi connectivity index (χ1v) is 12.2.